The maximum absolute atomic E-state index is 10.8. The average Bonchev–Trinajstić information content (AvgIpc) is 2.15. The molecule has 17 heavy (non-hydrogen) atoms. The Morgan fingerprint density at radius 2 is 1.59 bits per heavy atom. The van der Waals surface area contributed by atoms with Crippen LogP contribution in [0.3, 0.4) is 0 Å². The quantitative estimate of drug-likeness (QED) is 0.613. The molecule has 0 aliphatic rings. The van der Waals surface area contributed by atoms with Crippen LogP contribution in [0.15, 0.2) is 23.1 Å². The third kappa shape index (κ3) is 4.37. The molecule has 0 radical (unpaired) electrons. The Kier molecular flexibility index (Phi) is 6.38. The molecular weight excluding hydrogens is 373 g/mol. The maximum atomic E-state index is 10.8. The van der Waals surface area contributed by atoms with E-state index in [0.29, 0.717) is 6.07 Å². The van der Waals surface area contributed by atoms with Crippen molar-refractivity contribution in [1.29, 1.82) is 0 Å². The molecule has 1 aromatic carbocycles. The van der Waals surface area contributed by atoms with Gasteiger partial charge in [-0.3, -0.25) is 4.55 Å². The van der Waals surface area contributed by atoms with Crippen LogP contribution >= 0.6 is 0 Å². The first-order valence-electron chi connectivity index (χ1n) is 3.81. The summed E-state index contributed by atoms with van der Waals surface area (Å²) in [5.74, 6) is -3.01. The third-order valence-electron chi connectivity index (χ3n) is 1.74. The van der Waals surface area contributed by atoms with Crippen LogP contribution in [0.1, 0.15) is 20.7 Å². The number of hydrogen-bond acceptors (Lipinski definition) is 4. The summed E-state index contributed by atoms with van der Waals surface area (Å²) in [5, 5.41) is 17.2. The van der Waals surface area contributed by atoms with Crippen LogP contribution < -0.4 is 0 Å². The Morgan fingerprint density at radius 3 is 1.94 bits per heavy atom. The molecule has 0 aromatic heterocycles. The molecule has 0 bridgehead atoms. The van der Waals surface area contributed by atoms with Crippen LogP contribution in [0, 0.1) is 0 Å². The number of rotatable bonds is 3. The van der Waals surface area contributed by atoms with Crippen LogP contribution in [0.5, 0.6) is 0 Å². The SMILES string of the molecule is O=C(O)c1ccc(C(=O)O)c(S(=O)(=O)O)c1.[CsH]. The zero-order valence-corrected chi connectivity index (χ0v) is 8.43. The summed E-state index contributed by atoms with van der Waals surface area (Å²) >= 11 is 0. The Balaban J connectivity index is 0.00000256. The Hall–Kier alpha value is 0.122. The third-order valence-corrected chi connectivity index (χ3v) is 2.63. The van der Waals surface area contributed by atoms with E-state index in [1.165, 1.54) is 0 Å². The molecule has 0 aliphatic heterocycles. The van der Waals surface area contributed by atoms with Crippen LogP contribution in [-0.4, -0.2) is 104 Å². The first kappa shape index (κ1) is 17.1. The zero-order chi connectivity index (χ0) is 12.5. The summed E-state index contributed by atoms with van der Waals surface area (Å²) in [7, 11) is -4.78. The van der Waals surface area contributed by atoms with Crippen molar-refractivity contribution < 1.29 is 32.8 Å². The van der Waals surface area contributed by atoms with Gasteiger partial charge in [-0.15, -0.1) is 0 Å². The molecule has 0 atom stereocenters. The summed E-state index contributed by atoms with van der Waals surface area (Å²) in [5.41, 5.74) is -1.12. The van der Waals surface area contributed by atoms with E-state index < -0.39 is 38.1 Å². The molecular formula is C8H7CsO7S. The van der Waals surface area contributed by atoms with Gasteiger partial charge in [0.2, 0.25) is 0 Å². The first-order valence-corrected chi connectivity index (χ1v) is 5.25. The summed E-state index contributed by atoms with van der Waals surface area (Å²) < 4.78 is 30.4. The molecule has 0 spiro atoms. The van der Waals surface area contributed by atoms with E-state index in [2.05, 4.69) is 0 Å². The first-order chi connectivity index (χ1) is 7.23. The van der Waals surface area contributed by atoms with Gasteiger partial charge in [-0.25, -0.2) is 9.59 Å². The van der Waals surface area contributed by atoms with E-state index in [0.717, 1.165) is 12.1 Å². The second-order valence-corrected chi connectivity index (χ2v) is 4.19. The van der Waals surface area contributed by atoms with Crippen molar-refractivity contribution in [2.75, 3.05) is 0 Å². The van der Waals surface area contributed by atoms with Crippen molar-refractivity contribution in [3.05, 3.63) is 29.3 Å². The van der Waals surface area contributed by atoms with E-state index in [9.17, 15) is 18.0 Å². The number of carboxylic acids is 2. The molecule has 1 rings (SSSR count). The molecule has 0 saturated carbocycles. The Bertz CT molecular complexity index is 563. The summed E-state index contributed by atoms with van der Waals surface area (Å²) in [6, 6.07) is 2.32. The van der Waals surface area contributed by atoms with Gasteiger partial charge in [-0.2, -0.15) is 8.42 Å². The van der Waals surface area contributed by atoms with Crippen molar-refractivity contribution in [1.82, 2.24) is 0 Å². The average molecular weight is 380 g/mol. The van der Waals surface area contributed by atoms with Crippen LogP contribution in [0.4, 0.5) is 0 Å². The van der Waals surface area contributed by atoms with Gasteiger partial charge in [0.15, 0.2) is 0 Å². The molecule has 0 unspecified atom stereocenters. The van der Waals surface area contributed by atoms with Crippen molar-refractivity contribution in [2.45, 2.75) is 4.90 Å². The fourth-order valence-electron chi connectivity index (χ4n) is 1.05. The predicted octanol–water partition coefficient (Wildman–Crippen LogP) is -0.319. The number of hydrogen-bond donors (Lipinski definition) is 3. The second-order valence-electron chi connectivity index (χ2n) is 2.80. The summed E-state index contributed by atoms with van der Waals surface area (Å²) in [6.45, 7) is 0. The molecule has 0 heterocycles. The molecule has 88 valence electrons. The van der Waals surface area contributed by atoms with E-state index >= 15 is 0 Å². The van der Waals surface area contributed by atoms with Gasteiger partial charge in [0, 0.05) is 0 Å². The van der Waals surface area contributed by atoms with Crippen molar-refractivity contribution in [3.8, 4) is 0 Å². The van der Waals surface area contributed by atoms with E-state index in [1.54, 1.807) is 0 Å². The number of aromatic carboxylic acids is 2. The van der Waals surface area contributed by atoms with Gasteiger partial charge in [0.25, 0.3) is 10.1 Å². The topological polar surface area (TPSA) is 129 Å². The fourth-order valence-corrected chi connectivity index (χ4v) is 1.75. The van der Waals surface area contributed by atoms with Gasteiger partial charge >= 0.3 is 80.8 Å². The van der Waals surface area contributed by atoms with Crippen molar-refractivity contribution in [3.63, 3.8) is 0 Å². The van der Waals surface area contributed by atoms with Gasteiger partial charge in [0.1, 0.15) is 4.90 Å². The van der Waals surface area contributed by atoms with E-state index in [4.69, 9.17) is 14.8 Å². The Labute approximate surface area is 155 Å². The predicted molar refractivity (Wildman–Crippen MR) is 57.3 cm³/mol. The summed E-state index contributed by atoms with van der Waals surface area (Å²) in [4.78, 5) is 20.2. The fraction of sp³-hybridized carbons (Fsp3) is 0. The Morgan fingerprint density at radius 1 is 1.06 bits per heavy atom. The molecule has 0 saturated heterocycles. The minimum absolute atomic E-state index is 0. The zero-order valence-electron chi connectivity index (χ0n) is 7.61. The van der Waals surface area contributed by atoms with E-state index in [1.807, 2.05) is 0 Å². The van der Waals surface area contributed by atoms with Crippen molar-refractivity contribution >= 4 is 91.0 Å². The normalized spacial score (nSPS) is 10.4. The molecule has 0 amide bonds. The second kappa shape index (κ2) is 6.34. The van der Waals surface area contributed by atoms with Crippen LogP contribution in [0.25, 0.3) is 0 Å². The molecule has 7 nitrogen and oxygen atoms in total. The summed E-state index contributed by atoms with van der Waals surface area (Å²) in [6.07, 6.45) is 0. The van der Waals surface area contributed by atoms with Gasteiger partial charge in [-0.05, 0) is 18.2 Å². The molecule has 1 aromatic rings. The molecule has 9 heteroatoms. The van der Waals surface area contributed by atoms with Gasteiger partial charge in [-0.1, -0.05) is 0 Å². The standard InChI is InChI=1S/C8H6O7S.Cs.H/c9-7(10)4-1-2-5(8(11)12)6(3-4)16(13,14)15;;/h1-3H,(H,9,10)(H,11,12)(H,13,14,15);;. The van der Waals surface area contributed by atoms with Crippen LogP contribution in [0.2, 0.25) is 0 Å². The van der Waals surface area contributed by atoms with Crippen LogP contribution in [-0.2, 0) is 10.1 Å². The number of benzene rings is 1. The molecule has 0 fully saturated rings. The monoisotopic (exact) mass is 380 g/mol. The minimum atomic E-state index is -4.78. The van der Waals surface area contributed by atoms with Crippen molar-refractivity contribution in [2.24, 2.45) is 0 Å². The number of carbonyl (C=O) groups is 2. The van der Waals surface area contributed by atoms with E-state index in [-0.39, 0.29) is 68.9 Å². The molecule has 0 aliphatic carbocycles. The van der Waals surface area contributed by atoms with Gasteiger partial charge in [0.05, 0.1) is 11.1 Å². The number of carboxylic acid groups (broad SMARTS) is 2. The van der Waals surface area contributed by atoms with Gasteiger partial charge < -0.3 is 10.2 Å². The molecule has 3 N–H and O–H groups in total.